The quantitative estimate of drug-likeness (QED) is 0.409. The van der Waals surface area contributed by atoms with E-state index in [9.17, 15) is 10.1 Å². The van der Waals surface area contributed by atoms with Gasteiger partial charge in [-0.3, -0.25) is 10.1 Å². The van der Waals surface area contributed by atoms with Gasteiger partial charge in [-0.05, 0) is 22.4 Å². The summed E-state index contributed by atoms with van der Waals surface area (Å²) in [5, 5.41) is 11.4. The first-order valence-corrected chi connectivity index (χ1v) is 4.49. The summed E-state index contributed by atoms with van der Waals surface area (Å²) in [5.74, 6) is 0. The van der Waals surface area contributed by atoms with E-state index in [1.807, 2.05) is 6.07 Å². The van der Waals surface area contributed by atoms with Gasteiger partial charge < -0.3 is 4.34 Å². The van der Waals surface area contributed by atoms with E-state index in [-0.39, 0.29) is 5.69 Å². The minimum absolute atomic E-state index is 0.0636. The molecule has 1 unspecified atom stereocenters. The zero-order chi connectivity index (χ0) is 10.3. The Labute approximate surface area is 82.2 Å². The number of rotatable bonds is 1. The molecule has 0 radical (unpaired) electrons. The molecule has 0 fully saturated rings. The Morgan fingerprint density at radius 1 is 1.64 bits per heavy atom. The van der Waals surface area contributed by atoms with Gasteiger partial charge in [0.25, 0.3) is 5.69 Å². The molecule has 0 saturated heterocycles. The average Bonchev–Trinajstić information content (AvgIpc) is 2.49. The number of pyridine rings is 1. The minimum atomic E-state index is -0.415. The van der Waals surface area contributed by atoms with E-state index in [0.717, 1.165) is 11.0 Å². The first kappa shape index (κ1) is 9.09. The van der Waals surface area contributed by atoms with Crippen molar-refractivity contribution < 1.29 is 4.92 Å². The Balaban J connectivity index is 2.82. The van der Waals surface area contributed by atoms with Gasteiger partial charge in [-0.1, -0.05) is 0 Å². The van der Waals surface area contributed by atoms with Crippen LogP contribution >= 0.6 is 9.39 Å². The number of aromatic nitrogens is 2. The van der Waals surface area contributed by atoms with Crippen LogP contribution in [0.2, 0.25) is 0 Å². The fourth-order valence-electron chi connectivity index (χ4n) is 1.41. The third kappa shape index (κ3) is 1.17. The largest absolute Gasteiger partial charge is 0.317 e. The third-order valence-electron chi connectivity index (χ3n) is 2.18. The molecule has 72 valence electrons. The maximum absolute atomic E-state index is 10.6. The van der Waals surface area contributed by atoms with E-state index in [4.69, 9.17) is 0 Å². The highest BCUT2D eigenvalue weighted by Crippen LogP contribution is 2.26. The molecule has 1 atom stereocenters. The summed E-state index contributed by atoms with van der Waals surface area (Å²) in [6.45, 7) is 1.73. The standard InChI is InChI=1S/C8H8N3O2P/c1-5-6-2-3-10(14)8(6)9-4-7(5)11(12)13/h2-4H,14H2,1H3. The van der Waals surface area contributed by atoms with Crippen molar-refractivity contribution >= 4 is 26.1 Å². The van der Waals surface area contributed by atoms with Crippen LogP contribution in [0.25, 0.3) is 11.0 Å². The van der Waals surface area contributed by atoms with Crippen LogP contribution in [-0.2, 0) is 0 Å². The molecule has 2 heterocycles. The van der Waals surface area contributed by atoms with E-state index in [1.165, 1.54) is 6.20 Å². The van der Waals surface area contributed by atoms with Gasteiger partial charge in [-0.25, -0.2) is 4.98 Å². The van der Waals surface area contributed by atoms with Gasteiger partial charge in [0.05, 0.1) is 4.92 Å². The second-order valence-electron chi connectivity index (χ2n) is 2.99. The first-order chi connectivity index (χ1) is 6.61. The molecule has 0 spiro atoms. The second kappa shape index (κ2) is 3.03. The molecular formula is C8H8N3O2P. The lowest BCUT2D eigenvalue weighted by Crippen LogP contribution is -1.94. The molecule has 2 aromatic heterocycles. The molecule has 0 aromatic carbocycles. The van der Waals surface area contributed by atoms with Crippen molar-refractivity contribution in [3.63, 3.8) is 0 Å². The van der Waals surface area contributed by atoms with Crippen LogP contribution in [0, 0.1) is 17.0 Å². The summed E-state index contributed by atoms with van der Waals surface area (Å²) >= 11 is 0. The topological polar surface area (TPSA) is 61.0 Å². The molecule has 2 aromatic rings. The van der Waals surface area contributed by atoms with Gasteiger partial charge in [0.1, 0.15) is 11.8 Å². The van der Waals surface area contributed by atoms with Crippen molar-refractivity contribution in [1.82, 2.24) is 9.32 Å². The van der Waals surface area contributed by atoms with Crippen molar-refractivity contribution in [3.8, 4) is 0 Å². The summed E-state index contributed by atoms with van der Waals surface area (Å²) in [6.07, 6.45) is 3.09. The van der Waals surface area contributed by atoms with Crippen molar-refractivity contribution in [2.24, 2.45) is 0 Å². The normalized spacial score (nSPS) is 10.7. The van der Waals surface area contributed by atoms with E-state index in [1.54, 1.807) is 17.5 Å². The Morgan fingerprint density at radius 2 is 2.36 bits per heavy atom. The van der Waals surface area contributed by atoms with E-state index in [0.29, 0.717) is 5.56 Å². The van der Waals surface area contributed by atoms with E-state index in [2.05, 4.69) is 14.4 Å². The van der Waals surface area contributed by atoms with Gasteiger partial charge in [0, 0.05) is 17.1 Å². The molecule has 0 N–H and O–H groups in total. The van der Waals surface area contributed by atoms with Crippen LogP contribution < -0.4 is 0 Å². The molecule has 0 saturated carbocycles. The van der Waals surface area contributed by atoms with Crippen molar-refractivity contribution in [2.45, 2.75) is 6.92 Å². The van der Waals surface area contributed by atoms with Crippen molar-refractivity contribution in [2.75, 3.05) is 0 Å². The number of fused-ring (bicyclic) bond motifs is 1. The number of nitrogens with zero attached hydrogens (tertiary/aromatic N) is 3. The summed E-state index contributed by atoms with van der Waals surface area (Å²) in [4.78, 5) is 14.2. The Bertz CT molecular complexity index is 521. The smallest absolute Gasteiger partial charge is 0.291 e. The lowest BCUT2D eigenvalue weighted by molar-refractivity contribution is -0.385. The summed E-state index contributed by atoms with van der Waals surface area (Å²) in [5.41, 5.74) is 1.45. The van der Waals surface area contributed by atoms with Crippen molar-refractivity contribution in [1.29, 1.82) is 0 Å². The fraction of sp³-hybridized carbons (Fsp3) is 0.125. The average molecular weight is 209 g/mol. The first-order valence-electron chi connectivity index (χ1n) is 3.97. The van der Waals surface area contributed by atoms with Gasteiger partial charge in [-0.2, -0.15) is 0 Å². The van der Waals surface area contributed by atoms with Crippen LogP contribution in [0.3, 0.4) is 0 Å². The minimum Gasteiger partial charge on any atom is -0.317 e. The SMILES string of the molecule is Cc1c([N+](=O)[O-])cnc2c1ccn2P. The molecule has 2 rings (SSSR count). The number of nitro groups is 1. The lowest BCUT2D eigenvalue weighted by atomic mass is 10.2. The highest BCUT2D eigenvalue weighted by molar-refractivity contribution is 7.14. The number of hydrogen-bond donors (Lipinski definition) is 0. The van der Waals surface area contributed by atoms with Crippen LogP contribution in [-0.4, -0.2) is 14.2 Å². The highest BCUT2D eigenvalue weighted by Gasteiger charge is 2.15. The molecule has 0 aliphatic carbocycles. The maximum atomic E-state index is 10.6. The molecule has 0 bridgehead atoms. The molecule has 14 heavy (non-hydrogen) atoms. The zero-order valence-corrected chi connectivity index (χ0v) is 8.62. The summed E-state index contributed by atoms with van der Waals surface area (Å²) in [7, 11) is 2.48. The molecule has 5 nitrogen and oxygen atoms in total. The third-order valence-corrected chi connectivity index (χ3v) is 2.60. The maximum Gasteiger partial charge on any atom is 0.291 e. The molecular weight excluding hydrogens is 201 g/mol. The van der Waals surface area contributed by atoms with E-state index >= 15 is 0 Å². The zero-order valence-electron chi connectivity index (χ0n) is 7.47. The number of hydrogen-bond acceptors (Lipinski definition) is 3. The molecule has 0 amide bonds. The van der Waals surface area contributed by atoms with Crippen LogP contribution in [0.4, 0.5) is 5.69 Å². The predicted octanol–water partition coefficient (Wildman–Crippen LogP) is 1.89. The van der Waals surface area contributed by atoms with Gasteiger partial charge in [-0.15, -0.1) is 0 Å². The summed E-state index contributed by atoms with van der Waals surface area (Å²) < 4.78 is 1.76. The summed E-state index contributed by atoms with van der Waals surface area (Å²) in [6, 6.07) is 1.82. The predicted molar refractivity (Wildman–Crippen MR) is 56.2 cm³/mol. The monoisotopic (exact) mass is 209 g/mol. The Kier molecular flexibility index (Phi) is 1.97. The molecule has 6 heteroatoms. The lowest BCUT2D eigenvalue weighted by Gasteiger charge is -1.99. The van der Waals surface area contributed by atoms with Gasteiger partial charge >= 0.3 is 0 Å². The number of aryl methyl sites for hydroxylation is 1. The molecule has 0 aliphatic heterocycles. The van der Waals surface area contributed by atoms with Gasteiger partial charge in [0.2, 0.25) is 0 Å². The van der Waals surface area contributed by atoms with Crippen LogP contribution in [0.15, 0.2) is 18.5 Å². The Hall–Kier alpha value is -1.48. The Morgan fingerprint density at radius 3 is 3.00 bits per heavy atom. The highest BCUT2D eigenvalue weighted by atomic mass is 31.0. The van der Waals surface area contributed by atoms with E-state index < -0.39 is 4.92 Å². The fourth-order valence-corrected chi connectivity index (χ4v) is 1.70. The molecule has 0 aliphatic rings. The van der Waals surface area contributed by atoms with Crippen LogP contribution in [0.5, 0.6) is 0 Å². The van der Waals surface area contributed by atoms with Crippen LogP contribution in [0.1, 0.15) is 5.56 Å². The van der Waals surface area contributed by atoms with Crippen molar-refractivity contribution in [3.05, 3.63) is 34.1 Å². The van der Waals surface area contributed by atoms with Gasteiger partial charge in [0.15, 0.2) is 0 Å². The second-order valence-corrected chi connectivity index (χ2v) is 3.54.